The van der Waals surface area contributed by atoms with Crippen molar-refractivity contribution >= 4 is 21.7 Å². The molecule has 0 aromatic carbocycles. The van der Waals surface area contributed by atoms with Gasteiger partial charge in [0.15, 0.2) is 0 Å². The molecular formula is C12H18BrN3O. The van der Waals surface area contributed by atoms with Crippen molar-refractivity contribution < 1.29 is 0 Å². The van der Waals surface area contributed by atoms with E-state index >= 15 is 0 Å². The summed E-state index contributed by atoms with van der Waals surface area (Å²) in [5, 5.41) is 0. The van der Waals surface area contributed by atoms with Gasteiger partial charge in [-0.1, -0.05) is 13.8 Å². The lowest BCUT2D eigenvalue weighted by Crippen LogP contribution is -2.36. The Bertz CT molecular complexity index is 436. The Morgan fingerprint density at radius 1 is 1.47 bits per heavy atom. The maximum absolute atomic E-state index is 11.5. The van der Waals surface area contributed by atoms with Crippen molar-refractivity contribution in [1.82, 2.24) is 9.97 Å². The highest BCUT2D eigenvalue weighted by Gasteiger charge is 2.23. The molecule has 0 amide bonds. The van der Waals surface area contributed by atoms with Gasteiger partial charge in [0, 0.05) is 13.1 Å². The summed E-state index contributed by atoms with van der Waals surface area (Å²) < 4.78 is 0.544. The third-order valence-electron chi connectivity index (χ3n) is 3.56. The number of aromatic amines is 1. The molecule has 4 nitrogen and oxygen atoms in total. The maximum Gasteiger partial charge on any atom is 0.267 e. The molecule has 0 unspecified atom stereocenters. The molecule has 0 spiro atoms. The molecule has 0 radical (unpaired) electrons. The number of rotatable bonds is 2. The van der Waals surface area contributed by atoms with E-state index in [4.69, 9.17) is 0 Å². The SMILES string of the molecule is CC(C)C1CCN(c2nc[nH]c(=O)c2Br)CC1. The summed E-state index contributed by atoms with van der Waals surface area (Å²) in [4.78, 5) is 20.5. The van der Waals surface area contributed by atoms with Crippen LogP contribution >= 0.6 is 15.9 Å². The van der Waals surface area contributed by atoms with Crippen LogP contribution in [0.4, 0.5) is 5.82 Å². The lowest BCUT2D eigenvalue weighted by atomic mass is 9.87. The minimum Gasteiger partial charge on any atom is -0.355 e. The molecular weight excluding hydrogens is 282 g/mol. The van der Waals surface area contributed by atoms with Crippen LogP contribution < -0.4 is 10.5 Å². The summed E-state index contributed by atoms with van der Waals surface area (Å²) in [6.45, 7) is 6.53. The molecule has 1 aliphatic rings. The Balaban J connectivity index is 2.11. The fourth-order valence-electron chi connectivity index (χ4n) is 2.37. The first-order valence-electron chi connectivity index (χ1n) is 6.07. The summed E-state index contributed by atoms with van der Waals surface area (Å²) in [5.74, 6) is 2.32. The monoisotopic (exact) mass is 299 g/mol. The lowest BCUT2D eigenvalue weighted by molar-refractivity contribution is 0.310. The minimum absolute atomic E-state index is 0.110. The van der Waals surface area contributed by atoms with E-state index in [1.165, 1.54) is 19.2 Å². The van der Waals surface area contributed by atoms with Gasteiger partial charge < -0.3 is 9.88 Å². The zero-order valence-corrected chi connectivity index (χ0v) is 11.8. The Labute approximate surface area is 110 Å². The van der Waals surface area contributed by atoms with Crippen LogP contribution in [0.15, 0.2) is 15.6 Å². The molecule has 5 heteroatoms. The van der Waals surface area contributed by atoms with Gasteiger partial charge in [-0.3, -0.25) is 4.79 Å². The van der Waals surface area contributed by atoms with Crippen LogP contribution in [0.3, 0.4) is 0 Å². The summed E-state index contributed by atoms with van der Waals surface area (Å²) in [6, 6.07) is 0. The number of anilines is 1. The van der Waals surface area contributed by atoms with E-state index < -0.39 is 0 Å². The summed E-state index contributed by atoms with van der Waals surface area (Å²) in [5.41, 5.74) is -0.110. The predicted molar refractivity (Wildman–Crippen MR) is 72.3 cm³/mol. The molecule has 1 aromatic heterocycles. The van der Waals surface area contributed by atoms with Gasteiger partial charge in [-0.25, -0.2) is 4.98 Å². The summed E-state index contributed by atoms with van der Waals surface area (Å²) in [6.07, 6.45) is 3.83. The summed E-state index contributed by atoms with van der Waals surface area (Å²) in [7, 11) is 0. The first-order chi connectivity index (χ1) is 8.09. The van der Waals surface area contributed by atoms with Crippen molar-refractivity contribution in [2.75, 3.05) is 18.0 Å². The van der Waals surface area contributed by atoms with Crippen LogP contribution in [0.1, 0.15) is 26.7 Å². The number of nitrogens with one attached hydrogen (secondary N) is 1. The van der Waals surface area contributed by atoms with Crippen LogP contribution in [0.2, 0.25) is 0 Å². The van der Waals surface area contributed by atoms with Crippen molar-refractivity contribution in [3.05, 3.63) is 21.2 Å². The molecule has 1 N–H and O–H groups in total. The number of halogens is 1. The average molecular weight is 300 g/mol. The summed E-state index contributed by atoms with van der Waals surface area (Å²) >= 11 is 3.31. The zero-order chi connectivity index (χ0) is 12.4. The second-order valence-electron chi connectivity index (χ2n) is 4.94. The highest BCUT2D eigenvalue weighted by atomic mass is 79.9. The van der Waals surface area contributed by atoms with Crippen LogP contribution in [-0.2, 0) is 0 Å². The van der Waals surface area contributed by atoms with Crippen LogP contribution in [-0.4, -0.2) is 23.1 Å². The minimum atomic E-state index is -0.110. The molecule has 1 fully saturated rings. The number of nitrogens with zero attached hydrogens (tertiary/aromatic N) is 2. The van der Waals surface area contributed by atoms with E-state index in [9.17, 15) is 4.79 Å². The molecule has 0 aliphatic carbocycles. The quantitative estimate of drug-likeness (QED) is 0.912. The van der Waals surface area contributed by atoms with E-state index in [0.29, 0.717) is 4.47 Å². The van der Waals surface area contributed by atoms with Gasteiger partial charge in [0.2, 0.25) is 0 Å². The zero-order valence-electron chi connectivity index (χ0n) is 10.2. The van der Waals surface area contributed by atoms with Crippen LogP contribution in [0, 0.1) is 11.8 Å². The Morgan fingerprint density at radius 3 is 2.71 bits per heavy atom. The van der Waals surface area contributed by atoms with Crippen LogP contribution in [0.5, 0.6) is 0 Å². The van der Waals surface area contributed by atoms with Gasteiger partial charge in [0.1, 0.15) is 10.3 Å². The Morgan fingerprint density at radius 2 is 2.12 bits per heavy atom. The largest absolute Gasteiger partial charge is 0.355 e. The Hall–Kier alpha value is -0.840. The highest BCUT2D eigenvalue weighted by molar-refractivity contribution is 9.10. The fraction of sp³-hybridized carbons (Fsp3) is 0.667. The first kappa shape index (κ1) is 12.6. The van der Waals surface area contributed by atoms with Crippen molar-refractivity contribution in [3.63, 3.8) is 0 Å². The van der Waals surface area contributed by atoms with Crippen LogP contribution in [0.25, 0.3) is 0 Å². The predicted octanol–water partition coefficient (Wildman–Crippen LogP) is 2.40. The highest BCUT2D eigenvalue weighted by Crippen LogP contribution is 2.28. The van der Waals surface area contributed by atoms with E-state index in [1.807, 2.05) is 0 Å². The van der Waals surface area contributed by atoms with E-state index in [2.05, 4.69) is 44.6 Å². The lowest BCUT2D eigenvalue weighted by Gasteiger charge is -2.34. The first-order valence-corrected chi connectivity index (χ1v) is 6.87. The molecule has 0 atom stereocenters. The molecule has 94 valence electrons. The van der Waals surface area contributed by atoms with E-state index in [1.54, 1.807) is 0 Å². The molecule has 0 saturated carbocycles. The third kappa shape index (κ3) is 2.70. The second kappa shape index (κ2) is 5.21. The van der Waals surface area contributed by atoms with Crippen molar-refractivity contribution in [2.24, 2.45) is 11.8 Å². The number of hydrogen-bond acceptors (Lipinski definition) is 3. The Kier molecular flexibility index (Phi) is 3.86. The number of aromatic nitrogens is 2. The van der Waals surface area contributed by atoms with Gasteiger partial charge in [-0.2, -0.15) is 0 Å². The third-order valence-corrected chi connectivity index (χ3v) is 4.27. The van der Waals surface area contributed by atoms with Gasteiger partial charge in [0.25, 0.3) is 5.56 Å². The molecule has 0 bridgehead atoms. The van der Waals surface area contributed by atoms with Gasteiger partial charge in [0.05, 0.1) is 6.33 Å². The molecule has 1 aliphatic heterocycles. The van der Waals surface area contributed by atoms with Crippen molar-refractivity contribution in [2.45, 2.75) is 26.7 Å². The van der Waals surface area contributed by atoms with E-state index in [0.717, 1.165) is 30.7 Å². The molecule has 2 rings (SSSR count). The van der Waals surface area contributed by atoms with Crippen molar-refractivity contribution in [1.29, 1.82) is 0 Å². The number of hydrogen-bond donors (Lipinski definition) is 1. The fourth-order valence-corrected chi connectivity index (χ4v) is 2.84. The smallest absolute Gasteiger partial charge is 0.267 e. The second-order valence-corrected chi connectivity index (χ2v) is 5.73. The standard InChI is InChI=1S/C12H18BrN3O/c1-8(2)9-3-5-16(6-4-9)11-10(13)12(17)15-7-14-11/h7-9H,3-6H2,1-2H3,(H,14,15,17). The van der Waals surface area contributed by atoms with Gasteiger partial charge >= 0.3 is 0 Å². The van der Waals surface area contributed by atoms with Gasteiger partial charge in [-0.15, -0.1) is 0 Å². The molecule has 2 heterocycles. The average Bonchev–Trinajstić information content (AvgIpc) is 2.33. The molecule has 17 heavy (non-hydrogen) atoms. The normalized spacial score (nSPS) is 17.8. The maximum atomic E-state index is 11.5. The van der Waals surface area contributed by atoms with Gasteiger partial charge in [-0.05, 0) is 40.6 Å². The number of piperidine rings is 1. The topological polar surface area (TPSA) is 49.0 Å². The molecule has 1 aromatic rings. The van der Waals surface area contributed by atoms with E-state index in [-0.39, 0.29) is 5.56 Å². The number of H-pyrrole nitrogens is 1. The molecule has 1 saturated heterocycles. The van der Waals surface area contributed by atoms with Crippen molar-refractivity contribution in [3.8, 4) is 0 Å².